The number of carbonyl (C=O) groups is 2. The van der Waals surface area contributed by atoms with Gasteiger partial charge in [-0.25, -0.2) is 9.48 Å². The van der Waals surface area contributed by atoms with Gasteiger partial charge in [0.15, 0.2) is 5.69 Å². The molecule has 1 N–H and O–H groups in total. The van der Waals surface area contributed by atoms with Crippen LogP contribution < -0.4 is 10.1 Å². The van der Waals surface area contributed by atoms with Crippen molar-refractivity contribution in [3.63, 3.8) is 0 Å². The van der Waals surface area contributed by atoms with Gasteiger partial charge < -0.3 is 14.8 Å². The maximum Gasteiger partial charge on any atom is 0.387 e. The summed E-state index contributed by atoms with van der Waals surface area (Å²) < 4.78 is 35.0. The van der Waals surface area contributed by atoms with Gasteiger partial charge in [-0.3, -0.25) is 4.79 Å². The first kappa shape index (κ1) is 20.9. The quantitative estimate of drug-likeness (QED) is 0.593. The van der Waals surface area contributed by atoms with E-state index in [0.29, 0.717) is 29.1 Å². The minimum atomic E-state index is -2.91. The number of nitrogens with one attached hydrogen (secondary N) is 1. The third kappa shape index (κ3) is 4.59. The van der Waals surface area contributed by atoms with Crippen molar-refractivity contribution in [2.45, 2.75) is 20.0 Å². The molecule has 0 saturated carbocycles. The van der Waals surface area contributed by atoms with Gasteiger partial charge in [0, 0.05) is 5.69 Å². The number of halogens is 2. The van der Waals surface area contributed by atoms with Crippen LogP contribution in [-0.4, -0.2) is 40.6 Å². The van der Waals surface area contributed by atoms with E-state index in [4.69, 9.17) is 0 Å². The molecule has 1 heterocycles. The fourth-order valence-electron chi connectivity index (χ4n) is 2.77. The average Bonchev–Trinajstić information content (AvgIpc) is 3.18. The predicted molar refractivity (Wildman–Crippen MR) is 103 cm³/mol. The van der Waals surface area contributed by atoms with Gasteiger partial charge in [0.1, 0.15) is 5.75 Å². The van der Waals surface area contributed by atoms with Crippen molar-refractivity contribution in [3.8, 4) is 11.4 Å². The zero-order chi connectivity index (χ0) is 21.7. The van der Waals surface area contributed by atoms with E-state index in [2.05, 4.69) is 25.1 Å². The fraction of sp³-hybridized carbons (Fsp3) is 0.200. The molecule has 0 unspecified atom stereocenters. The lowest BCUT2D eigenvalue weighted by Gasteiger charge is -2.09. The highest BCUT2D eigenvalue weighted by Gasteiger charge is 2.20. The molecule has 1 amide bonds. The van der Waals surface area contributed by atoms with Crippen LogP contribution in [0.25, 0.3) is 5.69 Å². The molecule has 0 atom stereocenters. The molecular weight excluding hydrogens is 398 g/mol. The third-order valence-electron chi connectivity index (χ3n) is 4.18. The Hall–Kier alpha value is -3.82. The zero-order valence-corrected chi connectivity index (χ0v) is 16.1. The summed E-state index contributed by atoms with van der Waals surface area (Å²) in [5.74, 6) is -0.934. The predicted octanol–water partition coefficient (Wildman–Crippen LogP) is 3.47. The van der Waals surface area contributed by atoms with Gasteiger partial charge in [-0.05, 0) is 55.0 Å². The lowest BCUT2D eigenvalue weighted by molar-refractivity contribution is -0.0498. The second-order valence-electron chi connectivity index (χ2n) is 6.05. The molecule has 30 heavy (non-hydrogen) atoms. The molecule has 0 saturated heterocycles. The van der Waals surface area contributed by atoms with Crippen LogP contribution in [0.2, 0.25) is 0 Å². The molecule has 3 rings (SSSR count). The molecule has 2 aromatic carbocycles. The van der Waals surface area contributed by atoms with Gasteiger partial charge in [0.2, 0.25) is 0 Å². The maximum atomic E-state index is 12.7. The largest absolute Gasteiger partial charge is 0.465 e. The number of benzene rings is 2. The topological polar surface area (TPSA) is 95.3 Å². The molecule has 8 nitrogen and oxygen atoms in total. The lowest BCUT2D eigenvalue weighted by atomic mass is 10.2. The Morgan fingerprint density at radius 3 is 2.33 bits per heavy atom. The van der Waals surface area contributed by atoms with Crippen LogP contribution in [0, 0.1) is 0 Å². The molecule has 0 aliphatic carbocycles. The second kappa shape index (κ2) is 9.12. The van der Waals surface area contributed by atoms with Crippen LogP contribution in [0.5, 0.6) is 5.75 Å². The standard InChI is InChI=1S/C20H18F2N4O4/c1-3-16-17(18(27)23-13-6-4-12(5-7-13)19(28)29-2)24-25-26(16)14-8-10-15(11-9-14)30-20(21)22/h4-11,20H,3H2,1-2H3,(H,23,27). The van der Waals surface area contributed by atoms with Gasteiger partial charge in [0.05, 0.1) is 24.1 Å². The van der Waals surface area contributed by atoms with Gasteiger partial charge in [0.25, 0.3) is 5.91 Å². The number of esters is 1. The van der Waals surface area contributed by atoms with Gasteiger partial charge in [-0.1, -0.05) is 12.1 Å². The summed E-state index contributed by atoms with van der Waals surface area (Å²) >= 11 is 0. The summed E-state index contributed by atoms with van der Waals surface area (Å²) in [4.78, 5) is 24.2. The Morgan fingerprint density at radius 2 is 1.77 bits per heavy atom. The summed E-state index contributed by atoms with van der Waals surface area (Å²) in [6, 6.07) is 12.0. The van der Waals surface area contributed by atoms with E-state index < -0.39 is 18.5 Å². The fourth-order valence-corrected chi connectivity index (χ4v) is 2.77. The molecule has 0 radical (unpaired) electrons. The third-order valence-corrected chi connectivity index (χ3v) is 4.18. The van der Waals surface area contributed by atoms with Crippen molar-refractivity contribution in [3.05, 3.63) is 65.5 Å². The Labute approximate surface area is 170 Å². The van der Waals surface area contributed by atoms with Crippen molar-refractivity contribution in [2.24, 2.45) is 0 Å². The second-order valence-corrected chi connectivity index (χ2v) is 6.05. The first-order valence-electron chi connectivity index (χ1n) is 8.92. The van der Waals surface area contributed by atoms with Crippen molar-refractivity contribution in [2.75, 3.05) is 12.4 Å². The SMILES string of the molecule is CCc1c(C(=O)Nc2ccc(C(=O)OC)cc2)nnn1-c1ccc(OC(F)F)cc1. The summed E-state index contributed by atoms with van der Waals surface area (Å²) in [5.41, 5.74) is 2.04. The van der Waals surface area contributed by atoms with Crippen molar-refractivity contribution in [1.29, 1.82) is 0 Å². The van der Waals surface area contributed by atoms with Gasteiger partial charge in [-0.2, -0.15) is 8.78 Å². The number of alkyl halides is 2. The number of amides is 1. The Morgan fingerprint density at radius 1 is 1.10 bits per heavy atom. The first-order valence-corrected chi connectivity index (χ1v) is 8.92. The molecule has 10 heteroatoms. The highest BCUT2D eigenvalue weighted by Crippen LogP contribution is 2.20. The normalized spacial score (nSPS) is 10.7. The number of anilines is 1. The molecule has 0 aliphatic heterocycles. The highest BCUT2D eigenvalue weighted by molar-refractivity contribution is 6.03. The molecule has 156 valence electrons. The minimum absolute atomic E-state index is 0.0141. The van der Waals surface area contributed by atoms with Crippen molar-refractivity contribution >= 4 is 17.6 Å². The molecule has 3 aromatic rings. The molecule has 0 bridgehead atoms. The number of rotatable bonds is 7. The highest BCUT2D eigenvalue weighted by atomic mass is 19.3. The van der Waals surface area contributed by atoms with Crippen LogP contribution in [0.4, 0.5) is 14.5 Å². The number of hydrogen-bond donors (Lipinski definition) is 1. The number of ether oxygens (including phenoxy) is 2. The van der Waals surface area contributed by atoms with E-state index in [1.165, 1.54) is 36.1 Å². The van der Waals surface area contributed by atoms with E-state index in [0.717, 1.165) is 0 Å². The van der Waals surface area contributed by atoms with Gasteiger partial charge in [-0.15, -0.1) is 5.10 Å². The van der Waals surface area contributed by atoms with E-state index in [1.807, 2.05) is 6.92 Å². The van der Waals surface area contributed by atoms with Crippen molar-refractivity contribution in [1.82, 2.24) is 15.0 Å². The first-order chi connectivity index (χ1) is 14.4. The van der Waals surface area contributed by atoms with E-state index in [9.17, 15) is 18.4 Å². The van der Waals surface area contributed by atoms with E-state index in [1.54, 1.807) is 24.3 Å². The van der Waals surface area contributed by atoms with Crippen LogP contribution in [-0.2, 0) is 11.2 Å². The molecule has 1 aromatic heterocycles. The maximum absolute atomic E-state index is 12.7. The Kier molecular flexibility index (Phi) is 6.35. The van der Waals surface area contributed by atoms with Crippen LogP contribution in [0.15, 0.2) is 48.5 Å². The average molecular weight is 416 g/mol. The van der Waals surface area contributed by atoms with Crippen molar-refractivity contribution < 1.29 is 27.8 Å². The summed E-state index contributed by atoms with van der Waals surface area (Å²) in [5, 5.41) is 10.7. The molecule has 0 fully saturated rings. The Balaban J connectivity index is 1.79. The van der Waals surface area contributed by atoms with Gasteiger partial charge >= 0.3 is 12.6 Å². The summed E-state index contributed by atoms with van der Waals surface area (Å²) in [6.07, 6.45) is 0.451. The number of hydrogen-bond acceptors (Lipinski definition) is 6. The Bertz CT molecular complexity index is 1030. The number of aromatic nitrogens is 3. The number of methoxy groups -OCH3 is 1. The van der Waals surface area contributed by atoms with Crippen LogP contribution in [0.3, 0.4) is 0 Å². The zero-order valence-electron chi connectivity index (χ0n) is 16.1. The number of nitrogens with zero attached hydrogens (tertiary/aromatic N) is 3. The van der Waals surface area contributed by atoms with E-state index >= 15 is 0 Å². The summed E-state index contributed by atoms with van der Waals surface area (Å²) in [7, 11) is 1.28. The number of carbonyl (C=O) groups excluding carboxylic acids is 2. The van der Waals surface area contributed by atoms with E-state index in [-0.39, 0.29) is 11.4 Å². The minimum Gasteiger partial charge on any atom is -0.465 e. The monoisotopic (exact) mass is 416 g/mol. The smallest absolute Gasteiger partial charge is 0.387 e. The summed E-state index contributed by atoms with van der Waals surface area (Å²) in [6.45, 7) is -1.07. The molecular formula is C20H18F2N4O4. The lowest BCUT2D eigenvalue weighted by Crippen LogP contribution is -2.15. The van der Waals surface area contributed by atoms with Crippen LogP contribution in [0.1, 0.15) is 33.5 Å². The van der Waals surface area contributed by atoms with Crippen LogP contribution >= 0.6 is 0 Å². The molecule has 0 aliphatic rings. The molecule has 0 spiro atoms.